The van der Waals surface area contributed by atoms with Gasteiger partial charge in [0.1, 0.15) is 0 Å². The van der Waals surface area contributed by atoms with Gasteiger partial charge in [-0.2, -0.15) is 5.84 Å². The Kier molecular flexibility index (Phi) is 1.41. The van der Waals surface area contributed by atoms with Gasteiger partial charge in [0.05, 0.1) is 5.69 Å². The van der Waals surface area contributed by atoms with Crippen LogP contribution in [-0.4, -0.2) is 0 Å². The number of hydrogen-bond donors (Lipinski definition) is 1. The van der Waals surface area contributed by atoms with Gasteiger partial charge in [-0.1, -0.05) is 36.4 Å². The number of nitrogens with one attached hydrogen (secondary N) is 2. The number of anilines is 1. The average molecular weight is 181 g/mol. The van der Waals surface area contributed by atoms with Crippen LogP contribution in [0.4, 0.5) is 5.69 Å². The van der Waals surface area contributed by atoms with Crippen molar-refractivity contribution < 1.29 is 0 Å². The average Bonchev–Trinajstić information content (AvgIpc) is 2.24. The van der Waals surface area contributed by atoms with Crippen molar-refractivity contribution in [2.45, 2.75) is 0 Å². The normalized spacial score (nSPS) is 11.2. The molecule has 2 aromatic rings. The Hall–Kier alpha value is -1.80. The lowest BCUT2D eigenvalue weighted by molar-refractivity contribution is 1.29. The number of rotatable bonds is 1. The monoisotopic (exact) mass is 181 g/mol. The van der Waals surface area contributed by atoms with Gasteiger partial charge in [0.15, 0.2) is 0 Å². The summed E-state index contributed by atoms with van der Waals surface area (Å²) >= 11 is 0. The Balaban J connectivity index is 2.28. The Morgan fingerprint density at radius 3 is 2.29 bits per heavy atom. The highest BCUT2D eigenvalue weighted by Crippen LogP contribution is 2.50. The maximum Gasteiger partial charge on any atom is 0.0586 e. The van der Waals surface area contributed by atoms with E-state index < -0.39 is 0 Å². The molecule has 2 nitrogen and oxygen atoms in total. The maximum absolute atomic E-state index is 7.21. The molecule has 2 aromatic carbocycles. The van der Waals surface area contributed by atoms with Crippen LogP contribution in [-0.2, 0) is 0 Å². The van der Waals surface area contributed by atoms with Crippen LogP contribution < -0.4 is 11.3 Å². The van der Waals surface area contributed by atoms with E-state index in [0.29, 0.717) is 0 Å². The van der Waals surface area contributed by atoms with Gasteiger partial charge in [-0.05, 0) is 22.8 Å². The van der Waals surface area contributed by atoms with E-state index in [9.17, 15) is 0 Å². The molecule has 0 saturated carbocycles. The summed E-state index contributed by atoms with van der Waals surface area (Å²) in [5.74, 6) is 7.21. The molecule has 0 aliphatic heterocycles. The predicted octanol–water partition coefficient (Wildman–Crippen LogP) is 2.94. The molecular weight excluding hydrogens is 172 g/mol. The molecule has 0 amide bonds. The van der Waals surface area contributed by atoms with Crippen molar-refractivity contribution in [1.29, 1.82) is 0 Å². The predicted molar refractivity (Wildman–Crippen MR) is 57.6 cm³/mol. The van der Waals surface area contributed by atoms with Crippen LogP contribution in [0.2, 0.25) is 0 Å². The highest BCUT2D eigenvalue weighted by molar-refractivity contribution is 6.07. The molecule has 0 saturated heterocycles. The summed E-state index contributed by atoms with van der Waals surface area (Å²) in [4.78, 5) is 0. The Morgan fingerprint density at radius 2 is 1.50 bits per heavy atom. The minimum absolute atomic E-state index is 0.890. The van der Waals surface area contributed by atoms with E-state index in [-0.39, 0.29) is 0 Å². The Morgan fingerprint density at radius 1 is 0.786 bits per heavy atom. The van der Waals surface area contributed by atoms with Crippen LogP contribution in [0.5, 0.6) is 0 Å². The first-order valence-corrected chi connectivity index (χ1v) is 4.57. The molecule has 67 valence electrons. The molecular formula is C12H9N2. The fraction of sp³-hybridized carbons (Fsp3) is 0. The van der Waals surface area contributed by atoms with Gasteiger partial charge in [0, 0.05) is 5.56 Å². The number of benzene rings is 2. The minimum Gasteiger partial charge on any atom is -0.306 e. The summed E-state index contributed by atoms with van der Waals surface area (Å²) in [6, 6.07) is 14.3. The quantitative estimate of drug-likeness (QED) is 0.575. The molecule has 2 heteroatoms. The van der Waals surface area contributed by atoms with Crippen molar-refractivity contribution >= 4 is 5.69 Å². The van der Waals surface area contributed by atoms with E-state index >= 15 is 0 Å². The van der Waals surface area contributed by atoms with Gasteiger partial charge in [-0.25, -0.2) is 0 Å². The molecule has 0 bridgehead atoms. The van der Waals surface area contributed by atoms with Gasteiger partial charge in [-0.15, -0.1) is 0 Å². The molecule has 14 heavy (non-hydrogen) atoms. The third-order valence-corrected chi connectivity index (χ3v) is 2.69. The van der Waals surface area contributed by atoms with Crippen molar-refractivity contribution in [1.82, 2.24) is 5.84 Å². The molecule has 0 unspecified atom stereocenters. The van der Waals surface area contributed by atoms with E-state index in [1.165, 1.54) is 22.3 Å². The number of fused-ring (bicyclic) bond motifs is 4. The first kappa shape index (κ1) is 7.59. The van der Waals surface area contributed by atoms with Crippen molar-refractivity contribution in [3.8, 4) is 22.3 Å². The molecule has 3 rings (SSSR count). The van der Waals surface area contributed by atoms with E-state index in [0.717, 1.165) is 5.69 Å². The van der Waals surface area contributed by atoms with Crippen LogP contribution in [0.3, 0.4) is 0 Å². The summed E-state index contributed by atoms with van der Waals surface area (Å²) in [5, 5.41) is 0. The first-order valence-electron chi connectivity index (χ1n) is 4.57. The SMILES string of the molecule is [NH]Nc1cccc2c1-c1ccccc1-2. The lowest BCUT2D eigenvalue weighted by Crippen LogP contribution is -2.03. The second-order valence-electron chi connectivity index (χ2n) is 3.40. The fourth-order valence-corrected chi connectivity index (χ4v) is 2.04. The smallest absolute Gasteiger partial charge is 0.0586 e. The second kappa shape index (κ2) is 2.59. The van der Waals surface area contributed by atoms with Crippen LogP contribution >= 0.6 is 0 Å². The molecule has 1 radical (unpaired) electrons. The van der Waals surface area contributed by atoms with Crippen LogP contribution in [0.1, 0.15) is 0 Å². The fourth-order valence-electron chi connectivity index (χ4n) is 2.04. The highest BCUT2D eigenvalue weighted by Gasteiger charge is 2.23. The number of hydrogen-bond acceptors (Lipinski definition) is 1. The van der Waals surface area contributed by atoms with E-state index in [2.05, 4.69) is 23.6 Å². The van der Waals surface area contributed by atoms with Crippen LogP contribution in [0, 0.1) is 0 Å². The topological polar surface area (TPSA) is 35.8 Å². The lowest BCUT2D eigenvalue weighted by atomic mass is 9.80. The van der Waals surface area contributed by atoms with E-state index in [4.69, 9.17) is 5.84 Å². The molecule has 0 atom stereocenters. The van der Waals surface area contributed by atoms with Crippen LogP contribution in [0.25, 0.3) is 22.3 Å². The summed E-state index contributed by atoms with van der Waals surface area (Å²) in [7, 11) is 0. The summed E-state index contributed by atoms with van der Waals surface area (Å²) in [6.45, 7) is 0. The zero-order chi connectivity index (χ0) is 9.54. The summed E-state index contributed by atoms with van der Waals surface area (Å²) in [5.41, 5.74) is 8.33. The second-order valence-corrected chi connectivity index (χ2v) is 3.40. The van der Waals surface area contributed by atoms with Gasteiger partial charge in [0.25, 0.3) is 0 Å². The molecule has 0 spiro atoms. The highest BCUT2D eigenvalue weighted by atomic mass is 15.2. The standard InChI is InChI=1S/C12H9N2/c13-14-11-7-3-6-10-8-4-1-2-5-9(8)12(10)11/h1-7,13-14H. The van der Waals surface area contributed by atoms with E-state index in [1.54, 1.807) is 0 Å². The Labute approximate surface area is 82.3 Å². The molecule has 1 aliphatic rings. The molecule has 2 N–H and O–H groups in total. The molecule has 0 aromatic heterocycles. The van der Waals surface area contributed by atoms with Crippen molar-refractivity contribution in [2.75, 3.05) is 5.43 Å². The van der Waals surface area contributed by atoms with Gasteiger partial charge < -0.3 is 5.43 Å². The molecule has 0 fully saturated rings. The minimum atomic E-state index is 0.890. The zero-order valence-electron chi connectivity index (χ0n) is 7.54. The lowest BCUT2D eigenvalue weighted by Gasteiger charge is -2.25. The largest absolute Gasteiger partial charge is 0.306 e. The van der Waals surface area contributed by atoms with Gasteiger partial charge in [0.2, 0.25) is 0 Å². The van der Waals surface area contributed by atoms with Crippen molar-refractivity contribution in [3.63, 3.8) is 0 Å². The molecule has 0 heterocycles. The third-order valence-electron chi connectivity index (χ3n) is 2.69. The summed E-state index contributed by atoms with van der Waals surface area (Å²) < 4.78 is 0. The summed E-state index contributed by atoms with van der Waals surface area (Å²) in [6.07, 6.45) is 0. The maximum atomic E-state index is 7.21. The Bertz CT molecular complexity index is 503. The van der Waals surface area contributed by atoms with Crippen molar-refractivity contribution in [2.24, 2.45) is 0 Å². The third kappa shape index (κ3) is 0.783. The first-order chi connectivity index (χ1) is 6.92. The molecule has 1 aliphatic carbocycles. The van der Waals surface area contributed by atoms with Gasteiger partial charge in [-0.3, -0.25) is 0 Å². The van der Waals surface area contributed by atoms with Crippen molar-refractivity contribution in [3.05, 3.63) is 42.5 Å². The van der Waals surface area contributed by atoms with E-state index in [1.807, 2.05) is 24.3 Å². The van der Waals surface area contributed by atoms with Gasteiger partial charge >= 0.3 is 0 Å². The van der Waals surface area contributed by atoms with Crippen LogP contribution in [0.15, 0.2) is 42.5 Å². The zero-order valence-corrected chi connectivity index (χ0v) is 7.54.